The highest BCUT2D eigenvalue weighted by Crippen LogP contribution is 2.21. The summed E-state index contributed by atoms with van der Waals surface area (Å²) in [6.07, 6.45) is 10.3. The van der Waals surface area contributed by atoms with Gasteiger partial charge in [-0.25, -0.2) is 0 Å². The summed E-state index contributed by atoms with van der Waals surface area (Å²) in [5.41, 5.74) is 2.35. The lowest BCUT2D eigenvalue weighted by atomic mass is 10.0. The Hall–Kier alpha value is -2.93. The normalized spacial score (nSPS) is 15.2. The maximum Gasteiger partial charge on any atom is 0.271 e. The zero-order chi connectivity index (χ0) is 20.6. The fourth-order valence-corrected chi connectivity index (χ4v) is 3.34. The molecule has 3 N–H and O–H groups in total. The molecule has 1 fully saturated rings. The molecule has 0 atom stereocenters. The molecule has 7 heteroatoms. The predicted octanol–water partition coefficient (Wildman–Crippen LogP) is 2.39. The lowest BCUT2D eigenvalue weighted by Gasteiger charge is -2.32. The second-order valence-electron chi connectivity index (χ2n) is 7.58. The van der Waals surface area contributed by atoms with Gasteiger partial charge in [-0.2, -0.15) is 0 Å². The number of carbonyl (C=O) groups excluding carboxylic acids is 1. The Morgan fingerprint density at radius 3 is 2.69 bits per heavy atom. The fourth-order valence-electron chi connectivity index (χ4n) is 3.34. The first-order valence-electron chi connectivity index (χ1n) is 10.1. The Morgan fingerprint density at radius 1 is 1.28 bits per heavy atom. The third-order valence-corrected chi connectivity index (χ3v) is 4.99. The lowest BCUT2D eigenvalue weighted by Crippen LogP contribution is -2.42. The minimum absolute atomic E-state index is 0.0477. The molecule has 0 spiro atoms. The van der Waals surface area contributed by atoms with Crippen molar-refractivity contribution in [3.05, 3.63) is 59.3 Å². The average Bonchev–Trinajstić information content (AvgIpc) is 2.73. The molecule has 3 heterocycles. The van der Waals surface area contributed by atoms with Crippen molar-refractivity contribution in [3.63, 3.8) is 0 Å². The van der Waals surface area contributed by atoms with Crippen molar-refractivity contribution >= 4 is 11.6 Å². The van der Waals surface area contributed by atoms with Gasteiger partial charge < -0.3 is 20.5 Å². The van der Waals surface area contributed by atoms with E-state index in [4.69, 9.17) is 0 Å². The molecule has 0 aliphatic carbocycles. The zero-order valence-corrected chi connectivity index (χ0v) is 17.0. The summed E-state index contributed by atoms with van der Waals surface area (Å²) < 4.78 is 0. The van der Waals surface area contributed by atoms with Gasteiger partial charge in [0.05, 0.1) is 0 Å². The number of H-pyrrole nitrogens is 1. The monoisotopic (exact) mass is 395 g/mol. The topological polar surface area (TPSA) is 90.1 Å². The van der Waals surface area contributed by atoms with Gasteiger partial charge in [0.25, 0.3) is 5.56 Å². The molecule has 2 aromatic heterocycles. The number of nitrogens with zero attached hydrogens (tertiary/aromatic N) is 2. The SMILES string of the molecule is CC(C)NCC=CC(=O)N1CCC(Nc2cc(-c3ccncc3)c[nH]c2=O)CC1. The lowest BCUT2D eigenvalue weighted by molar-refractivity contribution is -0.126. The Morgan fingerprint density at radius 2 is 2.00 bits per heavy atom. The maximum atomic E-state index is 12.3. The second-order valence-corrected chi connectivity index (χ2v) is 7.58. The number of hydrogen-bond donors (Lipinski definition) is 3. The molecule has 29 heavy (non-hydrogen) atoms. The van der Waals surface area contributed by atoms with Crippen molar-refractivity contribution in [1.82, 2.24) is 20.2 Å². The van der Waals surface area contributed by atoms with Crippen LogP contribution in [0.4, 0.5) is 5.69 Å². The van der Waals surface area contributed by atoms with Gasteiger partial charge in [0.2, 0.25) is 5.91 Å². The minimum atomic E-state index is -0.137. The zero-order valence-electron chi connectivity index (χ0n) is 17.0. The second kappa shape index (κ2) is 10.0. The molecular weight excluding hydrogens is 366 g/mol. The Kier molecular flexibility index (Phi) is 7.19. The van der Waals surface area contributed by atoms with Crippen molar-refractivity contribution in [2.45, 2.75) is 38.8 Å². The standard InChI is InChI=1S/C22H29N5O2/c1-16(2)24-9-3-4-21(28)27-12-7-19(8-13-27)26-20-14-18(15-25-22(20)29)17-5-10-23-11-6-17/h3-6,10-11,14-16,19,24,26H,7-9,12-13H2,1-2H3,(H,25,29). The van der Waals surface area contributed by atoms with E-state index in [0.717, 1.165) is 24.0 Å². The molecule has 0 radical (unpaired) electrons. The summed E-state index contributed by atoms with van der Waals surface area (Å²) in [7, 11) is 0. The van der Waals surface area contributed by atoms with Gasteiger partial charge in [0, 0.05) is 61.9 Å². The number of rotatable bonds is 7. The Labute approximate surface area is 171 Å². The van der Waals surface area contributed by atoms with Crippen molar-refractivity contribution < 1.29 is 4.79 Å². The van der Waals surface area contributed by atoms with Crippen LogP contribution < -0.4 is 16.2 Å². The summed E-state index contributed by atoms with van der Waals surface area (Å²) in [4.78, 5) is 33.2. The van der Waals surface area contributed by atoms with Crippen LogP contribution in [0.3, 0.4) is 0 Å². The highest BCUT2D eigenvalue weighted by Gasteiger charge is 2.22. The van der Waals surface area contributed by atoms with Gasteiger partial charge in [-0.05, 0) is 36.6 Å². The van der Waals surface area contributed by atoms with Crippen LogP contribution >= 0.6 is 0 Å². The molecule has 1 aliphatic rings. The Bertz CT molecular complexity index is 884. The van der Waals surface area contributed by atoms with Gasteiger partial charge in [-0.1, -0.05) is 19.9 Å². The fraction of sp³-hybridized carbons (Fsp3) is 0.409. The molecule has 1 saturated heterocycles. The quantitative estimate of drug-likeness (QED) is 0.627. The molecule has 1 aliphatic heterocycles. The van der Waals surface area contributed by atoms with Crippen molar-refractivity contribution in [1.29, 1.82) is 0 Å². The van der Waals surface area contributed by atoms with E-state index in [9.17, 15) is 9.59 Å². The number of anilines is 1. The summed E-state index contributed by atoms with van der Waals surface area (Å²) in [6.45, 7) is 6.20. The van der Waals surface area contributed by atoms with E-state index in [1.165, 1.54) is 0 Å². The molecule has 1 amide bonds. The number of carbonyl (C=O) groups is 1. The third-order valence-electron chi connectivity index (χ3n) is 4.99. The van der Waals surface area contributed by atoms with Crippen LogP contribution in [-0.4, -0.2) is 52.5 Å². The summed E-state index contributed by atoms with van der Waals surface area (Å²) >= 11 is 0. The molecule has 3 rings (SSSR count). The maximum absolute atomic E-state index is 12.3. The molecule has 0 unspecified atom stereocenters. The smallest absolute Gasteiger partial charge is 0.271 e. The first kappa shape index (κ1) is 20.8. The predicted molar refractivity (Wildman–Crippen MR) is 116 cm³/mol. The molecule has 0 aromatic carbocycles. The molecule has 154 valence electrons. The van der Waals surface area contributed by atoms with Gasteiger partial charge >= 0.3 is 0 Å². The largest absolute Gasteiger partial charge is 0.378 e. The van der Waals surface area contributed by atoms with E-state index in [1.807, 2.05) is 29.2 Å². The number of hydrogen-bond acceptors (Lipinski definition) is 5. The number of likely N-dealkylation sites (tertiary alicyclic amines) is 1. The van der Waals surface area contributed by atoms with E-state index in [2.05, 4.69) is 34.4 Å². The molecular formula is C22H29N5O2. The highest BCUT2D eigenvalue weighted by atomic mass is 16.2. The van der Waals surface area contributed by atoms with Gasteiger partial charge in [0.1, 0.15) is 5.69 Å². The van der Waals surface area contributed by atoms with E-state index in [0.29, 0.717) is 31.4 Å². The van der Waals surface area contributed by atoms with Crippen molar-refractivity contribution in [2.24, 2.45) is 0 Å². The van der Waals surface area contributed by atoms with Crippen molar-refractivity contribution in [3.8, 4) is 11.1 Å². The Balaban J connectivity index is 1.54. The number of nitrogens with one attached hydrogen (secondary N) is 3. The van der Waals surface area contributed by atoms with E-state index in [1.54, 1.807) is 24.7 Å². The van der Waals surface area contributed by atoms with Crippen LogP contribution in [0.2, 0.25) is 0 Å². The van der Waals surface area contributed by atoms with Crippen LogP contribution in [0, 0.1) is 0 Å². The van der Waals surface area contributed by atoms with Gasteiger partial charge in [-0.3, -0.25) is 14.6 Å². The number of piperidine rings is 1. The van der Waals surface area contributed by atoms with Crippen LogP contribution in [0.25, 0.3) is 11.1 Å². The van der Waals surface area contributed by atoms with Crippen LogP contribution in [0.15, 0.2) is 53.7 Å². The summed E-state index contributed by atoms with van der Waals surface area (Å²) in [5.74, 6) is 0.0477. The summed E-state index contributed by atoms with van der Waals surface area (Å²) in [6, 6.07) is 6.25. The minimum Gasteiger partial charge on any atom is -0.378 e. The molecule has 0 bridgehead atoms. The van der Waals surface area contributed by atoms with Crippen LogP contribution in [0.1, 0.15) is 26.7 Å². The van der Waals surface area contributed by atoms with Gasteiger partial charge in [0.15, 0.2) is 0 Å². The van der Waals surface area contributed by atoms with Crippen LogP contribution in [0.5, 0.6) is 0 Å². The number of amides is 1. The first-order chi connectivity index (χ1) is 14.0. The average molecular weight is 396 g/mol. The highest BCUT2D eigenvalue weighted by molar-refractivity contribution is 5.87. The van der Waals surface area contributed by atoms with E-state index >= 15 is 0 Å². The first-order valence-corrected chi connectivity index (χ1v) is 10.1. The number of aromatic amines is 1. The van der Waals surface area contributed by atoms with E-state index < -0.39 is 0 Å². The molecule has 7 nitrogen and oxygen atoms in total. The van der Waals surface area contributed by atoms with Crippen molar-refractivity contribution in [2.75, 3.05) is 25.0 Å². The number of aromatic nitrogens is 2. The summed E-state index contributed by atoms with van der Waals surface area (Å²) in [5, 5.41) is 6.61. The third kappa shape index (κ3) is 6.02. The van der Waals surface area contributed by atoms with Gasteiger partial charge in [-0.15, -0.1) is 0 Å². The van der Waals surface area contributed by atoms with Crippen LogP contribution in [-0.2, 0) is 4.79 Å². The number of pyridine rings is 2. The molecule has 2 aromatic rings. The van der Waals surface area contributed by atoms with E-state index in [-0.39, 0.29) is 17.5 Å². The molecule has 0 saturated carbocycles.